The predicted molar refractivity (Wildman–Crippen MR) is 114 cm³/mol. The van der Waals surface area contributed by atoms with Crippen molar-refractivity contribution in [1.82, 2.24) is 10.2 Å². The lowest BCUT2D eigenvalue weighted by Gasteiger charge is -2.29. The number of para-hydroxylation sites is 1. The topological polar surface area (TPSA) is 58.6 Å². The number of nitrogens with one attached hydrogen (secondary N) is 1. The number of nitrogens with zero attached hydrogens (tertiary/aromatic N) is 1. The molecule has 0 radical (unpaired) electrons. The van der Waals surface area contributed by atoms with Gasteiger partial charge >= 0.3 is 0 Å². The minimum Gasteiger partial charge on any atom is -0.481 e. The quantitative estimate of drug-likeness (QED) is 0.675. The fraction of sp³-hybridized carbons (Fsp3) is 0.391. The molecule has 2 aromatic carbocycles. The summed E-state index contributed by atoms with van der Waals surface area (Å²) in [5, 5.41) is 3.63. The second-order valence-corrected chi connectivity index (χ2v) is 7.97. The van der Waals surface area contributed by atoms with Crippen molar-refractivity contribution in [1.29, 1.82) is 0 Å². The van der Waals surface area contributed by atoms with E-state index in [0.717, 1.165) is 31.2 Å². The molecule has 1 saturated carbocycles. The number of rotatable bonds is 8. The molecule has 7 heteroatoms. The normalized spacial score (nSPS) is 14.9. The standard InChI is InChI=1S/C23H26ClFN2O3/c1-16(23(29)26-19-6-2-3-7-19)27(14-17-10-12-18(24)13-11-17)22(28)15-30-21-9-5-4-8-20(21)25/h4-5,8-13,16,19H,2-3,6-7,14-15H2,1H3,(H,26,29). The molecular weight excluding hydrogens is 407 g/mol. The zero-order chi connectivity index (χ0) is 21.5. The summed E-state index contributed by atoms with van der Waals surface area (Å²) in [6, 6.07) is 12.4. The van der Waals surface area contributed by atoms with E-state index >= 15 is 0 Å². The Kier molecular flexibility index (Phi) is 7.69. The summed E-state index contributed by atoms with van der Waals surface area (Å²) in [5.74, 6) is -1.14. The maximum absolute atomic E-state index is 13.8. The van der Waals surface area contributed by atoms with E-state index in [4.69, 9.17) is 16.3 Å². The minimum atomic E-state index is -0.696. The maximum atomic E-state index is 13.8. The molecule has 0 aliphatic heterocycles. The van der Waals surface area contributed by atoms with Gasteiger partial charge in [0.2, 0.25) is 5.91 Å². The minimum absolute atomic E-state index is 0.000327. The Morgan fingerprint density at radius 2 is 1.83 bits per heavy atom. The number of carbonyl (C=O) groups is 2. The Labute approximate surface area is 181 Å². The first-order valence-corrected chi connectivity index (χ1v) is 10.5. The van der Waals surface area contributed by atoms with Crippen LogP contribution in [-0.2, 0) is 16.1 Å². The van der Waals surface area contributed by atoms with Crippen LogP contribution in [0, 0.1) is 5.82 Å². The molecule has 1 unspecified atom stereocenters. The van der Waals surface area contributed by atoms with Crippen LogP contribution in [0.1, 0.15) is 38.2 Å². The summed E-state index contributed by atoms with van der Waals surface area (Å²) >= 11 is 5.95. The van der Waals surface area contributed by atoms with Crippen molar-refractivity contribution in [2.75, 3.05) is 6.61 Å². The first-order valence-electron chi connectivity index (χ1n) is 10.2. The molecule has 160 valence electrons. The van der Waals surface area contributed by atoms with Gasteiger partial charge in [-0.05, 0) is 49.6 Å². The number of ether oxygens (including phenoxy) is 1. The molecule has 0 spiro atoms. The lowest BCUT2D eigenvalue weighted by Crippen LogP contribution is -2.50. The van der Waals surface area contributed by atoms with Crippen LogP contribution in [0.2, 0.25) is 5.02 Å². The first-order chi connectivity index (χ1) is 14.4. The van der Waals surface area contributed by atoms with Crippen LogP contribution in [0.3, 0.4) is 0 Å². The molecule has 0 saturated heterocycles. The van der Waals surface area contributed by atoms with E-state index in [1.165, 1.54) is 17.0 Å². The summed E-state index contributed by atoms with van der Waals surface area (Å²) in [6.45, 7) is 1.55. The van der Waals surface area contributed by atoms with Crippen molar-refractivity contribution >= 4 is 23.4 Å². The van der Waals surface area contributed by atoms with Crippen LogP contribution in [0.4, 0.5) is 4.39 Å². The predicted octanol–water partition coefficient (Wildman–Crippen LogP) is 4.33. The van der Waals surface area contributed by atoms with Crippen molar-refractivity contribution in [2.24, 2.45) is 0 Å². The molecule has 1 aliphatic rings. The third kappa shape index (κ3) is 5.95. The Bertz CT molecular complexity index is 869. The van der Waals surface area contributed by atoms with Gasteiger partial charge in [-0.15, -0.1) is 0 Å². The highest BCUT2D eigenvalue weighted by Crippen LogP contribution is 2.20. The SMILES string of the molecule is CC(C(=O)NC1CCCC1)N(Cc1ccc(Cl)cc1)C(=O)COc1ccccc1F. The highest BCUT2D eigenvalue weighted by atomic mass is 35.5. The third-order valence-electron chi connectivity index (χ3n) is 5.32. The van der Waals surface area contributed by atoms with Crippen molar-refractivity contribution in [3.8, 4) is 5.75 Å². The summed E-state index contributed by atoms with van der Waals surface area (Å²) < 4.78 is 19.2. The van der Waals surface area contributed by atoms with E-state index in [-0.39, 0.29) is 30.9 Å². The van der Waals surface area contributed by atoms with Gasteiger partial charge in [-0.2, -0.15) is 0 Å². The first kappa shape index (κ1) is 22.1. The lowest BCUT2D eigenvalue weighted by atomic mass is 10.1. The van der Waals surface area contributed by atoms with Gasteiger partial charge in [-0.1, -0.05) is 48.7 Å². The molecule has 0 aromatic heterocycles. The van der Waals surface area contributed by atoms with Crippen LogP contribution >= 0.6 is 11.6 Å². The molecule has 0 heterocycles. The van der Waals surface area contributed by atoms with Gasteiger partial charge in [0.25, 0.3) is 5.91 Å². The molecule has 1 fully saturated rings. The largest absolute Gasteiger partial charge is 0.481 e. The molecule has 1 aliphatic carbocycles. The molecule has 5 nitrogen and oxygen atoms in total. The van der Waals surface area contributed by atoms with E-state index in [1.54, 1.807) is 31.2 Å². The van der Waals surface area contributed by atoms with Gasteiger partial charge in [0.15, 0.2) is 18.2 Å². The molecule has 2 aromatic rings. The molecule has 1 atom stereocenters. The van der Waals surface area contributed by atoms with E-state index in [9.17, 15) is 14.0 Å². The Morgan fingerprint density at radius 1 is 1.17 bits per heavy atom. The van der Waals surface area contributed by atoms with Gasteiger partial charge in [-0.25, -0.2) is 4.39 Å². The van der Waals surface area contributed by atoms with E-state index < -0.39 is 17.8 Å². The summed E-state index contributed by atoms with van der Waals surface area (Å²) in [6.07, 6.45) is 4.12. The van der Waals surface area contributed by atoms with Crippen molar-refractivity contribution in [3.05, 3.63) is 64.9 Å². The smallest absolute Gasteiger partial charge is 0.261 e. The van der Waals surface area contributed by atoms with E-state index in [2.05, 4.69) is 5.32 Å². The van der Waals surface area contributed by atoms with Gasteiger partial charge in [0.05, 0.1) is 0 Å². The number of amides is 2. The van der Waals surface area contributed by atoms with E-state index in [1.807, 2.05) is 12.1 Å². The van der Waals surface area contributed by atoms with Crippen LogP contribution in [0.15, 0.2) is 48.5 Å². The molecule has 30 heavy (non-hydrogen) atoms. The maximum Gasteiger partial charge on any atom is 0.261 e. The van der Waals surface area contributed by atoms with Crippen LogP contribution in [0.5, 0.6) is 5.75 Å². The molecule has 0 bridgehead atoms. The van der Waals surface area contributed by atoms with Gasteiger partial charge in [0, 0.05) is 17.6 Å². The number of halogens is 2. The zero-order valence-corrected chi connectivity index (χ0v) is 17.7. The Morgan fingerprint density at radius 3 is 2.50 bits per heavy atom. The molecule has 1 N–H and O–H groups in total. The number of benzene rings is 2. The average Bonchev–Trinajstić information content (AvgIpc) is 3.25. The third-order valence-corrected chi connectivity index (χ3v) is 5.57. The lowest BCUT2D eigenvalue weighted by molar-refractivity contribution is -0.142. The number of hydrogen-bond donors (Lipinski definition) is 1. The highest BCUT2D eigenvalue weighted by Gasteiger charge is 2.28. The fourth-order valence-corrected chi connectivity index (χ4v) is 3.67. The van der Waals surface area contributed by atoms with Crippen molar-refractivity contribution in [3.63, 3.8) is 0 Å². The number of carbonyl (C=O) groups excluding carboxylic acids is 2. The summed E-state index contributed by atoms with van der Waals surface area (Å²) in [4.78, 5) is 27.2. The van der Waals surface area contributed by atoms with Crippen LogP contribution in [-0.4, -0.2) is 35.4 Å². The van der Waals surface area contributed by atoms with Crippen molar-refractivity contribution in [2.45, 2.75) is 51.2 Å². The van der Waals surface area contributed by atoms with Gasteiger partial charge in [-0.3, -0.25) is 9.59 Å². The summed E-state index contributed by atoms with van der Waals surface area (Å²) in [7, 11) is 0. The molecule has 2 amide bonds. The fourth-order valence-electron chi connectivity index (χ4n) is 3.55. The van der Waals surface area contributed by atoms with Crippen LogP contribution < -0.4 is 10.1 Å². The van der Waals surface area contributed by atoms with Crippen LogP contribution in [0.25, 0.3) is 0 Å². The second-order valence-electron chi connectivity index (χ2n) is 7.53. The second kappa shape index (κ2) is 10.4. The van der Waals surface area contributed by atoms with Gasteiger partial charge in [0.1, 0.15) is 6.04 Å². The van der Waals surface area contributed by atoms with E-state index in [0.29, 0.717) is 5.02 Å². The Balaban J connectivity index is 1.71. The average molecular weight is 433 g/mol. The Hall–Kier alpha value is -2.60. The molecule has 3 rings (SSSR count). The van der Waals surface area contributed by atoms with Gasteiger partial charge < -0.3 is 15.0 Å². The number of hydrogen-bond acceptors (Lipinski definition) is 3. The van der Waals surface area contributed by atoms with Crippen molar-refractivity contribution < 1.29 is 18.7 Å². The zero-order valence-electron chi connectivity index (χ0n) is 16.9. The monoisotopic (exact) mass is 432 g/mol. The molecular formula is C23H26ClFN2O3. The highest BCUT2D eigenvalue weighted by molar-refractivity contribution is 6.30. The summed E-state index contributed by atoms with van der Waals surface area (Å²) in [5.41, 5.74) is 0.833.